The van der Waals surface area contributed by atoms with Crippen molar-refractivity contribution in [2.75, 3.05) is 7.11 Å². The van der Waals surface area contributed by atoms with Crippen molar-refractivity contribution < 1.29 is 14.3 Å². The first-order valence-corrected chi connectivity index (χ1v) is 7.57. The second-order valence-corrected chi connectivity index (χ2v) is 6.26. The summed E-state index contributed by atoms with van der Waals surface area (Å²) in [5.41, 5.74) is 1.41. The molecule has 4 heteroatoms. The van der Waals surface area contributed by atoms with Gasteiger partial charge < -0.3 is 14.8 Å². The van der Waals surface area contributed by atoms with E-state index >= 15 is 0 Å². The molecule has 0 radical (unpaired) electrons. The molecule has 0 aliphatic heterocycles. The number of carbonyl (C=O) groups excluding carboxylic acids is 1. The molecule has 0 saturated carbocycles. The molecule has 0 heterocycles. The van der Waals surface area contributed by atoms with E-state index in [4.69, 9.17) is 9.47 Å². The van der Waals surface area contributed by atoms with Crippen molar-refractivity contribution in [2.24, 2.45) is 0 Å². The summed E-state index contributed by atoms with van der Waals surface area (Å²) < 4.78 is 10.6. The molecular formula is C19H23NO3. The SMILES string of the molecule is COc1ccc([C@@H](NC(=O)OC(C)(C)C)c2ccccc2)cc1. The van der Waals surface area contributed by atoms with Crippen molar-refractivity contribution in [3.8, 4) is 5.75 Å². The highest BCUT2D eigenvalue weighted by Crippen LogP contribution is 2.24. The molecule has 2 aromatic carbocycles. The van der Waals surface area contributed by atoms with Crippen LogP contribution in [0.4, 0.5) is 4.79 Å². The van der Waals surface area contributed by atoms with Crippen molar-refractivity contribution in [2.45, 2.75) is 32.4 Å². The molecule has 2 rings (SSSR count). The Morgan fingerprint density at radius 3 is 2.04 bits per heavy atom. The molecule has 0 bridgehead atoms. The number of carbonyl (C=O) groups is 1. The van der Waals surface area contributed by atoms with Gasteiger partial charge in [-0.15, -0.1) is 0 Å². The number of alkyl carbamates (subject to hydrolysis) is 1. The molecule has 0 aliphatic rings. The van der Waals surface area contributed by atoms with Crippen molar-refractivity contribution in [1.29, 1.82) is 0 Å². The standard InChI is InChI=1S/C19H23NO3/c1-19(2,3)23-18(21)20-17(14-8-6-5-7-9-14)15-10-12-16(22-4)13-11-15/h5-13,17H,1-4H3,(H,20,21)/t17-/m0/s1. The summed E-state index contributed by atoms with van der Waals surface area (Å²) in [7, 11) is 1.63. The third kappa shape index (κ3) is 5.02. The zero-order chi connectivity index (χ0) is 16.9. The van der Waals surface area contributed by atoms with Crippen molar-refractivity contribution in [3.05, 3.63) is 65.7 Å². The molecule has 0 aliphatic carbocycles. The van der Waals surface area contributed by atoms with Crippen molar-refractivity contribution in [3.63, 3.8) is 0 Å². The monoisotopic (exact) mass is 313 g/mol. The maximum absolute atomic E-state index is 12.2. The molecule has 2 aromatic rings. The topological polar surface area (TPSA) is 47.6 Å². The van der Waals surface area contributed by atoms with Gasteiger partial charge in [-0.1, -0.05) is 42.5 Å². The van der Waals surface area contributed by atoms with Crippen LogP contribution in [0.5, 0.6) is 5.75 Å². The summed E-state index contributed by atoms with van der Waals surface area (Å²) in [4.78, 5) is 12.2. The van der Waals surface area contributed by atoms with Crippen LogP contribution < -0.4 is 10.1 Å². The summed E-state index contributed by atoms with van der Waals surface area (Å²) in [6.45, 7) is 5.53. The highest BCUT2D eigenvalue weighted by Gasteiger charge is 2.21. The van der Waals surface area contributed by atoms with Crippen LogP contribution >= 0.6 is 0 Å². The minimum absolute atomic E-state index is 0.281. The van der Waals surface area contributed by atoms with Gasteiger partial charge in [-0.3, -0.25) is 0 Å². The molecule has 1 N–H and O–H groups in total. The Morgan fingerprint density at radius 2 is 1.52 bits per heavy atom. The number of rotatable bonds is 4. The lowest BCUT2D eigenvalue weighted by atomic mass is 9.99. The lowest BCUT2D eigenvalue weighted by Crippen LogP contribution is -2.35. The maximum atomic E-state index is 12.2. The van der Waals surface area contributed by atoms with Crippen molar-refractivity contribution in [1.82, 2.24) is 5.32 Å². The minimum Gasteiger partial charge on any atom is -0.497 e. The Morgan fingerprint density at radius 1 is 0.957 bits per heavy atom. The van der Waals surface area contributed by atoms with Gasteiger partial charge >= 0.3 is 6.09 Å². The fraction of sp³-hybridized carbons (Fsp3) is 0.316. The Balaban J connectivity index is 2.27. The number of hydrogen-bond acceptors (Lipinski definition) is 3. The highest BCUT2D eigenvalue weighted by atomic mass is 16.6. The largest absolute Gasteiger partial charge is 0.497 e. The van der Waals surface area contributed by atoms with Crippen LogP contribution in [0.2, 0.25) is 0 Å². The first-order chi connectivity index (χ1) is 10.9. The van der Waals surface area contributed by atoms with Crippen LogP contribution in [0.15, 0.2) is 54.6 Å². The Bertz CT molecular complexity index is 630. The third-order valence-electron chi connectivity index (χ3n) is 3.24. The predicted molar refractivity (Wildman–Crippen MR) is 90.6 cm³/mol. The summed E-state index contributed by atoms with van der Waals surface area (Å²) in [5.74, 6) is 0.776. The second-order valence-electron chi connectivity index (χ2n) is 6.26. The lowest BCUT2D eigenvalue weighted by molar-refractivity contribution is 0.0512. The molecule has 0 spiro atoms. The number of hydrogen-bond donors (Lipinski definition) is 1. The van der Waals surface area contributed by atoms with Gasteiger partial charge in [-0.2, -0.15) is 0 Å². The van der Waals surface area contributed by atoms with Gasteiger partial charge in [0, 0.05) is 0 Å². The molecule has 1 atom stereocenters. The van der Waals surface area contributed by atoms with E-state index in [-0.39, 0.29) is 6.04 Å². The molecule has 0 aromatic heterocycles. The normalized spacial score (nSPS) is 12.3. The van der Waals surface area contributed by atoms with Crippen LogP contribution in [0.1, 0.15) is 37.9 Å². The van der Waals surface area contributed by atoms with E-state index in [0.717, 1.165) is 16.9 Å². The third-order valence-corrected chi connectivity index (χ3v) is 3.24. The fourth-order valence-corrected chi connectivity index (χ4v) is 2.23. The average Bonchev–Trinajstić information content (AvgIpc) is 2.52. The Kier molecular flexibility index (Phi) is 5.27. The summed E-state index contributed by atoms with van der Waals surface area (Å²) in [5, 5.41) is 2.94. The van der Waals surface area contributed by atoms with Gasteiger partial charge in [0.2, 0.25) is 0 Å². The average molecular weight is 313 g/mol. The number of ether oxygens (including phenoxy) is 2. The fourth-order valence-electron chi connectivity index (χ4n) is 2.23. The first-order valence-electron chi connectivity index (χ1n) is 7.57. The van der Waals surface area contributed by atoms with E-state index in [2.05, 4.69) is 5.32 Å². The van der Waals surface area contributed by atoms with E-state index in [1.807, 2.05) is 75.4 Å². The summed E-state index contributed by atoms with van der Waals surface area (Å²) in [6, 6.07) is 17.1. The predicted octanol–water partition coefficient (Wildman–Crippen LogP) is 4.31. The van der Waals surface area contributed by atoms with Crippen LogP contribution in [0, 0.1) is 0 Å². The van der Waals surface area contributed by atoms with Gasteiger partial charge in [0.15, 0.2) is 0 Å². The van der Waals surface area contributed by atoms with Gasteiger partial charge in [-0.25, -0.2) is 4.79 Å². The summed E-state index contributed by atoms with van der Waals surface area (Å²) in [6.07, 6.45) is -0.442. The van der Waals surface area contributed by atoms with Crippen LogP contribution in [-0.4, -0.2) is 18.8 Å². The van der Waals surface area contributed by atoms with Gasteiger partial charge in [0.1, 0.15) is 11.4 Å². The maximum Gasteiger partial charge on any atom is 0.408 e. The zero-order valence-corrected chi connectivity index (χ0v) is 14.0. The molecular weight excluding hydrogens is 290 g/mol. The van der Waals surface area contributed by atoms with Crippen molar-refractivity contribution >= 4 is 6.09 Å². The first kappa shape index (κ1) is 16.9. The van der Waals surface area contributed by atoms with E-state index in [1.54, 1.807) is 7.11 Å². The number of benzene rings is 2. The number of nitrogens with one attached hydrogen (secondary N) is 1. The highest BCUT2D eigenvalue weighted by molar-refractivity contribution is 5.69. The van der Waals surface area contributed by atoms with Crippen LogP contribution in [0.3, 0.4) is 0 Å². The molecule has 23 heavy (non-hydrogen) atoms. The number of methoxy groups -OCH3 is 1. The smallest absolute Gasteiger partial charge is 0.408 e. The second kappa shape index (κ2) is 7.18. The molecule has 0 saturated heterocycles. The lowest BCUT2D eigenvalue weighted by Gasteiger charge is -2.24. The van der Waals surface area contributed by atoms with Gasteiger partial charge in [-0.05, 0) is 44.0 Å². The summed E-state index contributed by atoms with van der Waals surface area (Å²) >= 11 is 0. The molecule has 0 unspecified atom stereocenters. The van der Waals surface area contributed by atoms with E-state index in [9.17, 15) is 4.79 Å². The molecule has 0 fully saturated rings. The van der Waals surface area contributed by atoms with Gasteiger partial charge in [0.25, 0.3) is 0 Å². The van der Waals surface area contributed by atoms with Crippen LogP contribution in [0.25, 0.3) is 0 Å². The van der Waals surface area contributed by atoms with Gasteiger partial charge in [0.05, 0.1) is 13.2 Å². The minimum atomic E-state index is -0.536. The molecule has 4 nitrogen and oxygen atoms in total. The Hall–Kier alpha value is -2.49. The Labute approximate surface area is 137 Å². The van der Waals surface area contributed by atoms with Crippen LogP contribution in [-0.2, 0) is 4.74 Å². The number of amides is 1. The molecule has 1 amide bonds. The zero-order valence-electron chi connectivity index (χ0n) is 14.0. The van der Waals surface area contributed by atoms with E-state index in [0.29, 0.717) is 0 Å². The van der Waals surface area contributed by atoms with E-state index < -0.39 is 11.7 Å². The van der Waals surface area contributed by atoms with E-state index in [1.165, 1.54) is 0 Å². The molecule has 122 valence electrons. The quantitative estimate of drug-likeness (QED) is 0.915.